The molecule has 3 aromatic carbocycles. The van der Waals surface area contributed by atoms with E-state index in [2.05, 4.69) is 0 Å². The van der Waals surface area contributed by atoms with Gasteiger partial charge in [0.15, 0.2) is 0 Å². The summed E-state index contributed by atoms with van der Waals surface area (Å²) in [5.41, 5.74) is 1.86. The van der Waals surface area contributed by atoms with Gasteiger partial charge in [-0.3, -0.25) is 4.31 Å². The average molecular weight is 438 g/mol. The molecule has 3 aromatic rings. The van der Waals surface area contributed by atoms with Crippen molar-refractivity contribution in [1.29, 1.82) is 0 Å². The molecule has 0 radical (unpaired) electrons. The molecule has 1 atom stereocenters. The number of sulfonamides is 1. The summed E-state index contributed by atoms with van der Waals surface area (Å²) >= 11 is 0. The topological polar surface area (TPSA) is 72.9 Å². The van der Waals surface area contributed by atoms with Crippen LogP contribution in [0.2, 0.25) is 0 Å². The Morgan fingerprint density at radius 1 is 0.968 bits per heavy atom. The van der Waals surface area contributed by atoms with Crippen molar-refractivity contribution in [3.05, 3.63) is 90.0 Å². The summed E-state index contributed by atoms with van der Waals surface area (Å²) < 4.78 is 38.9. The number of esters is 1. The van der Waals surface area contributed by atoms with Crippen molar-refractivity contribution in [2.24, 2.45) is 0 Å². The van der Waals surface area contributed by atoms with E-state index in [-0.39, 0.29) is 29.7 Å². The van der Waals surface area contributed by atoms with E-state index in [4.69, 9.17) is 9.47 Å². The first kappa shape index (κ1) is 20.9. The van der Waals surface area contributed by atoms with Crippen molar-refractivity contribution in [1.82, 2.24) is 0 Å². The third-order valence-electron chi connectivity index (χ3n) is 5.10. The summed E-state index contributed by atoms with van der Waals surface area (Å²) in [7, 11) is -3.82. The highest BCUT2D eigenvalue weighted by atomic mass is 32.2. The minimum Gasteiger partial charge on any atom is -0.490 e. The molecule has 0 fully saturated rings. The lowest BCUT2D eigenvalue weighted by Crippen LogP contribution is -2.35. The molecule has 0 amide bonds. The highest BCUT2D eigenvalue weighted by Gasteiger charge is 2.36. The fraction of sp³-hybridized carbons (Fsp3) is 0.208. The predicted octanol–water partition coefficient (Wildman–Crippen LogP) is 4.06. The van der Waals surface area contributed by atoms with Crippen LogP contribution < -0.4 is 9.04 Å². The molecule has 1 aliphatic rings. The molecule has 0 unspecified atom stereocenters. The summed E-state index contributed by atoms with van der Waals surface area (Å²) in [5.74, 6) is 0.0928. The van der Waals surface area contributed by atoms with E-state index in [0.717, 1.165) is 5.56 Å². The number of nitrogens with zero attached hydrogens (tertiary/aromatic N) is 1. The van der Waals surface area contributed by atoms with E-state index in [9.17, 15) is 13.2 Å². The van der Waals surface area contributed by atoms with Crippen LogP contribution in [0, 0.1) is 0 Å². The maximum absolute atomic E-state index is 13.4. The first-order chi connectivity index (χ1) is 15.0. The van der Waals surface area contributed by atoms with Crippen LogP contribution in [0.15, 0.2) is 83.8 Å². The second kappa shape index (κ2) is 8.81. The molecule has 1 aliphatic heterocycles. The number of para-hydroxylation sites is 2. The van der Waals surface area contributed by atoms with Crippen molar-refractivity contribution >= 4 is 21.7 Å². The molecule has 6 nitrogen and oxygen atoms in total. The number of anilines is 1. The van der Waals surface area contributed by atoms with Crippen molar-refractivity contribution in [2.75, 3.05) is 17.5 Å². The number of fused-ring (bicyclic) bond motifs is 1. The van der Waals surface area contributed by atoms with Crippen molar-refractivity contribution in [3.8, 4) is 5.75 Å². The lowest BCUT2D eigenvalue weighted by atomic mass is 10.1. The van der Waals surface area contributed by atoms with E-state index >= 15 is 0 Å². The van der Waals surface area contributed by atoms with Gasteiger partial charge >= 0.3 is 5.97 Å². The summed E-state index contributed by atoms with van der Waals surface area (Å²) in [6, 6.07) is 22.4. The number of ether oxygens (including phenoxy) is 2. The highest BCUT2D eigenvalue weighted by molar-refractivity contribution is 7.92. The Labute approximate surface area is 182 Å². The molecule has 0 saturated heterocycles. The molecule has 0 aromatic heterocycles. The third-order valence-corrected chi connectivity index (χ3v) is 7.02. The van der Waals surface area contributed by atoms with Gasteiger partial charge in [0.25, 0.3) is 10.0 Å². The summed E-state index contributed by atoms with van der Waals surface area (Å²) in [6.07, 6.45) is 0.651. The molecule has 160 valence electrons. The SMILES string of the molecule is C[C@H]1Cc2ccccc2N1S(=O)(=O)c1cccc(C(=O)OCCOc2ccccc2)c1. The van der Waals surface area contributed by atoms with Gasteiger partial charge in [0.2, 0.25) is 0 Å². The van der Waals surface area contributed by atoms with E-state index in [1.807, 2.05) is 55.5 Å². The van der Waals surface area contributed by atoms with Gasteiger partial charge in [-0.1, -0.05) is 42.5 Å². The first-order valence-corrected chi connectivity index (χ1v) is 11.5. The number of carbonyl (C=O) groups is 1. The molecule has 31 heavy (non-hydrogen) atoms. The van der Waals surface area contributed by atoms with Crippen molar-refractivity contribution in [2.45, 2.75) is 24.3 Å². The lowest BCUT2D eigenvalue weighted by molar-refractivity contribution is 0.0450. The van der Waals surface area contributed by atoms with Crippen molar-refractivity contribution < 1.29 is 22.7 Å². The zero-order chi connectivity index (χ0) is 21.8. The Balaban J connectivity index is 1.46. The molecule has 4 rings (SSSR count). The normalized spacial score (nSPS) is 15.4. The molecule has 0 saturated carbocycles. The molecule has 0 aliphatic carbocycles. The molecular weight excluding hydrogens is 414 g/mol. The van der Waals surface area contributed by atoms with Crippen LogP contribution in [-0.2, 0) is 21.2 Å². The summed E-state index contributed by atoms with van der Waals surface area (Å²) in [5, 5.41) is 0. The Hall–Kier alpha value is -3.32. The minimum absolute atomic E-state index is 0.0568. The zero-order valence-electron chi connectivity index (χ0n) is 17.1. The number of hydrogen-bond donors (Lipinski definition) is 0. The number of rotatable bonds is 7. The van der Waals surface area contributed by atoms with Crippen molar-refractivity contribution in [3.63, 3.8) is 0 Å². The maximum Gasteiger partial charge on any atom is 0.338 e. The van der Waals surface area contributed by atoms with E-state index in [1.165, 1.54) is 16.4 Å². The maximum atomic E-state index is 13.4. The fourth-order valence-corrected chi connectivity index (χ4v) is 5.43. The van der Waals surface area contributed by atoms with Crippen LogP contribution in [0.5, 0.6) is 5.75 Å². The molecule has 0 spiro atoms. The number of carbonyl (C=O) groups excluding carboxylic acids is 1. The second-order valence-electron chi connectivity index (χ2n) is 7.31. The van der Waals surface area contributed by atoms with Gasteiger partial charge in [-0.05, 0) is 55.3 Å². The van der Waals surface area contributed by atoms with Gasteiger partial charge in [0, 0.05) is 6.04 Å². The third kappa shape index (κ3) is 4.41. The molecular formula is C24H23NO5S. The Morgan fingerprint density at radius 2 is 1.71 bits per heavy atom. The van der Waals surface area contributed by atoms with Crippen LogP contribution in [-0.4, -0.2) is 33.6 Å². The van der Waals surface area contributed by atoms with E-state index < -0.39 is 16.0 Å². The van der Waals surface area contributed by atoms with Crippen LogP contribution in [0.4, 0.5) is 5.69 Å². The number of hydrogen-bond acceptors (Lipinski definition) is 5. The Morgan fingerprint density at radius 3 is 2.52 bits per heavy atom. The van der Waals surface area contributed by atoms with Gasteiger partial charge in [-0.25, -0.2) is 13.2 Å². The van der Waals surface area contributed by atoms with E-state index in [0.29, 0.717) is 17.9 Å². The average Bonchev–Trinajstić information content (AvgIpc) is 3.13. The zero-order valence-corrected chi connectivity index (χ0v) is 17.9. The van der Waals surface area contributed by atoms with Crippen LogP contribution >= 0.6 is 0 Å². The molecule has 0 bridgehead atoms. The summed E-state index contributed by atoms with van der Waals surface area (Å²) in [4.78, 5) is 12.5. The Kier molecular flexibility index (Phi) is 5.95. The molecule has 0 N–H and O–H groups in total. The predicted molar refractivity (Wildman–Crippen MR) is 118 cm³/mol. The van der Waals surface area contributed by atoms with Crippen LogP contribution in [0.3, 0.4) is 0 Å². The first-order valence-electron chi connectivity index (χ1n) is 10.0. The van der Waals surface area contributed by atoms with Gasteiger partial charge in [-0.2, -0.15) is 0 Å². The van der Waals surface area contributed by atoms with E-state index in [1.54, 1.807) is 18.2 Å². The lowest BCUT2D eigenvalue weighted by Gasteiger charge is -2.24. The number of benzene rings is 3. The smallest absolute Gasteiger partial charge is 0.338 e. The summed E-state index contributed by atoms with van der Waals surface area (Å²) in [6.45, 7) is 2.14. The Bertz CT molecular complexity index is 1180. The van der Waals surface area contributed by atoms with Gasteiger partial charge < -0.3 is 9.47 Å². The monoisotopic (exact) mass is 437 g/mol. The van der Waals surface area contributed by atoms with Crippen LogP contribution in [0.25, 0.3) is 0 Å². The van der Waals surface area contributed by atoms with Gasteiger partial charge in [-0.15, -0.1) is 0 Å². The molecule has 7 heteroatoms. The second-order valence-corrected chi connectivity index (χ2v) is 9.12. The van der Waals surface area contributed by atoms with Gasteiger partial charge in [0.1, 0.15) is 19.0 Å². The fourth-order valence-electron chi connectivity index (χ4n) is 3.69. The largest absolute Gasteiger partial charge is 0.490 e. The minimum atomic E-state index is -3.82. The highest BCUT2D eigenvalue weighted by Crippen LogP contribution is 2.36. The quantitative estimate of drug-likeness (QED) is 0.412. The van der Waals surface area contributed by atoms with Crippen LogP contribution in [0.1, 0.15) is 22.8 Å². The van der Waals surface area contributed by atoms with Gasteiger partial charge in [0.05, 0.1) is 16.1 Å². The standard InChI is InChI=1S/C24H23NO5S/c1-18-16-19-8-5-6-13-23(19)25(18)31(27,28)22-12-7-9-20(17-22)24(26)30-15-14-29-21-10-3-2-4-11-21/h2-13,17-18H,14-16H2,1H3/t18-/m0/s1. The molecule has 1 heterocycles.